The van der Waals surface area contributed by atoms with Crippen molar-refractivity contribution in [3.8, 4) is 0 Å². The summed E-state index contributed by atoms with van der Waals surface area (Å²) in [6.45, 7) is 0.491. The van der Waals surface area contributed by atoms with Crippen molar-refractivity contribution in [3.63, 3.8) is 0 Å². The fourth-order valence-electron chi connectivity index (χ4n) is 1.25. The van der Waals surface area contributed by atoms with Gasteiger partial charge in [-0.3, -0.25) is 0 Å². The summed E-state index contributed by atoms with van der Waals surface area (Å²) in [6, 6.07) is 9.63. The molecule has 82 valence electrons. The lowest BCUT2D eigenvalue weighted by Crippen LogP contribution is -2.04. The third-order valence-electron chi connectivity index (χ3n) is 2.02. The van der Waals surface area contributed by atoms with E-state index < -0.39 is 5.82 Å². The van der Waals surface area contributed by atoms with Crippen LogP contribution in [0.15, 0.2) is 36.5 Å². The molecule has 0 bridgehead atoms. The highest BCUT2D eigenvalue weighted by molar-refractivity contribution is 6.28. The number of rotatable bonds is 3. The van der Waals surface area contributed by atoms with Crippen molar-refractivity contribution in [3.05, 3.63) is 53.2 Å². The molecule has 0 aliphatic carbocycles. The highest BCUT2D eigenvalue weighted by Gasteiger charge is 2.04. The van der Waals surface area contributed by atoms with Crippen LogP contribution in [-0.4, -0.2) is 9.97 Å². The maximum absolute atomic E-state index is 13.2. The van der Waals surface area contributed by atoms with Crippen molar-refractivity contribution in [1.82, 2.24) is 9.97 Å². The zero-order valence-electron chi connectivity index (χ0n) is 8.32. The minimum absolute atomic E-state index is 0.0250. The summed E-state index contributed by atoms with van der Waals surface area (Å²) in [6.07, 6.45) is 1.04. The first-order valence-corrected chi connectivity index (χ1v) is 5.09. The van der Waals surface area contributed by atoms with Crippen LogP contribution in [0.1, 0.15) is 5.56 Å². The fraction of sp³-hybridized carbons (Fsp3) is 0.0909. The Balaban J connectivity index is 2.08. The molecule has 1 N–H and O–H groups in total. The van der Waals surface area contributed by atoms with Crippen molar-refractivity contribution < 1.29 is 4.39 Å². The highest BCUT2D eigenvalue weighted by Crippen LogP contribution is 2.13. The minimum atomic E-state index is -0.514. The summed E-state index contributed by atoms with van der Waals surface area (Å²) in [5.74, 6) is -0.399. The lowest BCUT2D eigenvalue weighted by atomic mass is 10.2. The molecule has 1 aromatic heterocycles. The molecule has 0 amide bonds. The SMILES string of the molecule is Fc1cnc(Cl)nc1NCc1ccccc1. The van der Waals surface area contributed by atoms with Crippen LogP contribution in [-0.2, 0) is 6.54 Å². The number of anilines is 1. The largest absolute Gasteiger partial charge is 0.363 e. The molecule has 0 atom stereocenters. The van der Waals surface area contributed by atoms with Gasteiger partial charge >= 0.3 is 0 Å². The van der Waals surface area contributed by atoms with E-state index >= 15 is 0 Å². The lowest BCUT2D eigenvalue weighted by Gasteiger charge is -2.06. The molecule has 2 rings (SSSR count). The van der Waals surface area contributed by atoms with Gasteiger partial charge in [0.05, 0.1) is 6.20 Å². The normalized spacial score (nSPS) is 10.1. The molecule has 3 nitrogen and oxygen atoms in total. The quantitative estimate of drug-likeness (QED) is 0.835. The molecule has 1 aromatic carbocycles. The second-order valence-corrected chi connectivity index (χ2v) is 3.51. The summed E-state index contributed by atoms with van der Waals surface area (Å²) in [5.41, 5.74) is 1.04. The van der Waals surface area contributed by atoms with Gasteiger partial charge in [-0.25, -0.2) is 9.37 Å². The summed E-state index contributed by atoms with van der Waals surface area (Å²) in [4.78, 5) is 7.29. The van der Waals surface area contributed by atoms with E-state index in [1.807, 2.05) is 30.3 Å². The van der Waals surface area contributed by atoms with Crippen LogP contribution < -0.4 is 5.32 Å². The topological polar surface area (TPSA) is 37.8 Å². The van der Waals surface area contributed by atoms with E-state index in [4.69, 9.17) is 11.6 Å². The smallest absolute Gasteiger partial charge is 0.224 e. The molecule has 16 heavy (non-hydrogen) atoms. The second-order valence-electron chi connectivity index (χ2n) is 3.17. The van der Waals surface area contributed by atoms with Gasteiger partial charge in [0.25, 0.3) is 0 Å². The number of halogens is 2. The average Bonchev–Trinajstić information content (AvgIpc) is 2.32. The molecular formula is C11H9ClFN3. The van der Waals surface area contributed by atoms with E-state index in [0.717, 1.165) is 11.8 Å². The van der Waals surface area contributed by atoms with Gasteiger partial charge in [-0.2, -0.15) is 4.98 Å². The summed E-state index contributed by atoms with van der Waals surface area (Å²) >= 11 is 5.57. The molecule has 0 unspecified atom stereocenters. The Kier molecular flexibility index (Phi) is 3.31. The van der Waals surface area contributed by atoms with Crippen LogP contribution in [0.5, 0.6) is 0 Å². The van der Waals surface area contributed by atoms with E-state index in [9.17, 15) is 4.39 Å². The molecule has 2 aromatic rings. The van der Waals surface area contributed by atoms with Crippen LogP contribution in [0.3, 0.4) is 0 Å². The molecule has 5 heteroatoms. The number of benzene rings is 1. The molecule has 0 saturated heterocycles. The van der Waals surface area contributed by atoms with Gasteiger partial charge in [0, 0.05) is 6.54 Å². The van der Waals surface area contributed by atoms with Gasteiger partial charge in [0.2, 0.25) is 5.28 Å². The van der Waals surface area contributed by atoms with E-state index in [0.29, 0.717) is 6.54 Å². The number of hydrogen-bond acceptors (Lipinski definition) is 3. The monoisotopic (exact) mass is 237 g/mol. The Morgan fingerprint density at radius 1 is 1.25 bits per heavy atom. The van der Waals surface area contributed by atoms with E-state index in [1.54, 1.807) is 0 Å². The van der Waals surface area contributed by atoms with Crippen LogP contribution in [0.4, 0.5) is 10.2 Å². The maximum atomic E-state index is 13.2. The Hall–Kier alpha value is -1.68. The van der Waals surface area contributed by atoms with Crippen molar-refractivity contribution in [2.24, 2.45) is 0 Å². The second kappa shape index (κ2) is 4.90. The molecule has 0 aliphatic heterocycles. The number of aromatic nitrogens is 2. The van der Waals surface area contributed by atoms with Gasteiger partial charge in [-0.15, -0.1) is 0 Å². The van der Waals surface area contributed by atoms with Gasteiger partial charge in [0.1, 0.15) is 0 Å². The summed E-state index contributed by atoms with van der Waals surface area (Å²) < 4.78 is 13.2. The predicted molar refractivity (Wildman–Crippen MR) is 60.8 cm³/mol. The third kappa shape index (κ3) is 2.67. The molecule has 0 fully saturated rings. The van der Waals surface area contributed by atoms with Gasteiger partial charge in [-0.05, 0) is 17.2 Å². The van der Waals surface area contributed by atoms with E-state index in [1.165, 1.54) is 0 Å². The zero-order chi connectivity index (χ0) is 11.4. The molecule has 1 heterocycles. The van der Waals surface area contributed by atoms with Crippen LogP contribution in [0.2, 0.25) is 5.28 Å². The predicted octanol–water partition coefficient (Wildman–Crippen LogP) is 2.88. The minimum Gasteiger partial charge on any atom is -0.363 e. The van der Waals surface area contributed by atoms with Gasteiger partial charge in [-0.1, -0.05) is 30.3 Å². The Labute approximate surface area is 97.3 Å². The molecule has 0 saturated carbocycles. The first kappa shape index (κ1) is 10.8. The standard InChI is InChI=1S/C11H9ClFN3/c12-11-15-7-9(13)10(16-11)14-6-8-4-2-1-3-5-8/h1-5,7H,6H2,(H,14,15,16). The fourth-order valence-corrected chi connectivity index (χ4v) is 1.38. The average molecular weight is 238 g/mol. The van der Waals surface area contributed by atoms with E-state index in [-0.39, 0.29) is 11.1 Å². The molecular weight excluding hydrogens is 229 g/mol. The van der Waals surface area contributed by atoms with Gasteiger partial charge in [0.15, 0.2) is 11.6 Å². The Morgan fingerprint density at radius 3 is 2.75 bits per heavy atom. The summed E-state index contributed by atoms with van der Waals surface area (Å²) in [5, 5.41) is 2.88. The van der Waals surface area contributed by atoms with Crippen LogP contribution in [0, 0.1) is 5.82 Å². The van der Waals surface area contributed by atoms with Crippen molar-refractivity contribution >= 4 is 17.4 Å². The number of nitrogens with one attached hydrogen (secondary N) is 1. The van der Waals surface area contributed by atoms with Crippen molar-refractivity contribution in [2.75, 3.05) is 5.32 Å². The van der Waals surface area contributed by atoms with Crippen molar-refractivity contribution in [2.45, 2.75) is 6.54 Å². The first-order valence-electron chi connectivity index (χ1n) is 4.71. The highest BCUT2D eigenvalue weighted by atomic mass is 35.5. The first-order chi connectivity index (χ1) is 7.75. The van der Waals surface area contributed by atoms with Crippen LogP contribution >= 0.6 is 11.6 Å². The summed E-state index contributed by atoms with van der Waals surface area (Å²) in [7, 11) is 0. The molecule has 0 radical (unpaired) electrons. The zero-order valence-corrected chi connectivity index (χ0v) is 9.08. The van der Waals surface area contributed by atoms with Crippen LogP contribution in [0.25, 0.3) is 0 Å². The lowest BCUT2D eigenvalue weighted by molar-refractivity contribution is 0.616. The van der Waals surface area contributed by atoms with Crippen molar-refractivity contribution in [1.29, 1.82) is 0 Å². The number of nitrogens with zero attached hydrogens (tertiary/aromatic N) is 2. The molecule has 0 aliphatic rings. The maximum Gasteiger partial charge on any atom is 0.224 e. The van der Waals surface area contributed by atoms with Gasteiger partial charge < -0.3 is 5.32 Å². The Morgan fingerprint density at radius 2 is 2.00 bits per heavy atom. The molecule has 0 spiro atoms. The Bertz CT molecular complexity index is 476. The van der Waals surface area contributed by atoms with E-state index in [2.05, 4.69) is 15.3 Å². The third-order valence-corrected chi connectivity index (χ3v) is 2.20. The number of hydrogen-bond donors (Lipinski definition) is 1.